The zero-order valence-electron chi connectivity index (χ0n) is 17.3. The van der Waals surface area contributed by atoms with Gasteiger partial charge in [0.2, 0.25) is 5.91 Å². The van der Waals surface area contributed by atoms with Gasteiger partial charge >= 0.3 is 0 Å². The van der Waals surface area contributed by atoms with Crippen molar-refractivity contribution in [3.05, 3.63) is 65.5 Å². The second kappa shape index (κ2) is 9.34. The van der Waals surface area contributed by atoms with Gasteiger partial charge in [-0.15, -0.1) is 10.2 Å². The van der Waals surface area contributed by atoms with Gasteiger partial charge in [-0.05, 0) is 61.4 Å². The summed E-state index contributed by atoms with van der Waals surface area (Å²) in [4.78, 5) is 12.5. The summed E-state index contributed by atoms with van der Waals surface area (Å²) in [5, 5.41) is 11.9. The van der Waals surface area contributed by atoms with Gasteiger partial charge in [-0.2, -0.15) is 0 Å². The van der Waals surface area contributed by atoms with E-state index in [0.717, 1.165) is 23.4 Å². The Kier molecular flexibility index (Phi) is 6.38. The predicted octanol–water partition coefficient (Wildman–Crippen LogP) is 4.12. The lowest BCUT2D eigenvalue weighted by Crippen LogP contribution is -2.28. The number of amides is 1. The number of carbonyl (C=O) groups is 1. The highest BCUT2D eigenvalue weighted by Gasteiger charge is 2.15. The molecule has 7 heteroatoms. The van der Waals surface area contributed by atoms with Crippen LogP contribution in [0, 0.1) is 0 Å². The average molecular weight is 423 g/mol. The van der Waals surface area contributed by atoms with E-state index in [-0.39, 0.29) is 17.7 Å². The first-order valence-corrected chi connectivity index (χ1v) is 11.2. The standard InChI is InChI=1S/C23H26N4O2S/c1-16(18-11-10-17-6-3-4-7-19(17)12-18)25-22(28)14-30-23-26-24-15-27(23)20-8-5-9-21(13-20)29-2/h5,8-13,15-16H,3-4,6-7,14H2,1-2H3,(H,25,28)/t16-/m1/s1. The second-order valence-electron chi connectivity index (χ2n) is 7.50. The van der Waals surface area contributed by atoms with Crippen LogP contribution in [0.1, 0.15) is 42.5 Å². The maximum Gasteiger partial charge on any atom is 0.230 e. The molecular weight excluding hydrogens is 396 g/mol. The van der Waals surface area contributed by atoms with E-state index in [1.54, 1.807) is 13.4 Å². The molecule has 0 aliphatic heterocycles. The van der Waals surface area contributed by atoms with Crippen molar-refractivity contribution in [1.29, 1.82) is 0 Å². The number of ether oxygens (including phenoxy) is 1. The third-order valence-electron chi connectivity index (χ3n) is 5.43. The number of hydrogen-bond acceptors (Lipinski definition) is 5. The Morgan fingerprint density at radius 3 is 2.87 bits per heavy atom. The lowest BCUT2D eigenvalue weighted by molar-refractivity contribution is -0.119. The number of aromatic nitrogens is 3. The lowest BCUT2D eigenvalue weighted by Gasteiger charge is -2.20. The summed E-state index contributed by atoms with van der Waals surface area (Å²) in [5.41, 5.74) is 4.94. The Balaban J connectivity index is 1.37. The molecule has 6 nitrogen and oxygen atoms in total. The zero-order chi connectivity index (χ0) is 20.9. The van der Waals surface area contributed by atoms with E-state index >= 15 is 0 Å². The molecule has 30 heavy (non-hydrogen) atoms. The minimum atomic E-state index is -0.0263. The van der Waals surface area contributed by atoms with Crippen LogP contribution < -0.4 is 10.1 Å². The zero-order valence-corrected chi connectivity index (χ0v) is 18.1. The summed E-state index contributed by atoms with van der Waals surface area (Å²) in [6.07, 6.45) is 6.48. The lowest BCUT2D eigenvalue weighted by atomic mass is 9.89. The van der Waals surface area contributed by atoms with Crippen LogP contribution >= 0.6 is 11.8 Å². The van der Waals surface area contributed by atoms with Gasteiger partial charge in [0.1, 0.15) is 12.1 Å². The van der Waals surface area contributed by atoms with Gasteiger partial charge in [-0.25, -0.2) is 0 Å². The van der Waals surface area contributed by atoms with Crippen molar-refractivity contribution in [2.45, 2.75) is 43.8 Å². The largest absolute Gasteiger partial charge is 0.497 e. The van der Waals surface area contributed by atoms with Crippen LogP contribution in [0.15, 0.2) is 53.9 Å². The smallest absolute Gasteiger partial charge is 0.230 e. The van der Waals surface area contributed by atoms with E-state index in [9.17, 15) is 4.79 Å². The number of aryl methyl sites for hydroxylation is 2. The second-order valence-corrected chi connectivity index (χ2v) is 8.44. The molecule has 0 spiro atoms. The van der Waals surface area contributed by atoms with E-state index in [2.05, 4.69) is 33.7 Å². The van der Waals surface area contributed by atoms with E-state index in [1.165, 1.54) is 42.2 Å². The van der Waals surface area contributed by atoms with Gasteiger partial charge in [0.05, 0.1) is 24.6 Å². The summed E-state index contributed by atoms with van der Waals surface area (Å²) < 4.78 is 7.14. The molecule has 0 unspecified atom stereocenters. The van der Waals surface area contributed by atoms with Gasteiger partial charge in [-0.3, -0.25) is 9.36 Å². The molecule has 1 aliphatic rings. The maximum atomic E-state index is 12.5. The third-order valence-corrected chi connectivity index (χ3v) is 6.37. The summed E-state index contributed by atoms with van der Waals surface area (Å²) >= 11 is 1.37. The van der Waals surface area contributed by atoms with Crippen LogP contribution in [0.5, 0.6) is 5.75 Å². The molecule has 1 aromatic heterocycles. The molecule has 2 aromatic carbocycles. The molecule has 156 valence electrons. The Morgan fingerprint density at radius 1 is 1.20 bits per heavy atom. The molecule has 1 heterocycles. The fourth-order valence-electron chi connectivity index (χ4n) is 3.78. The number of methoxy groups -OCH3 is 1. The number of thioether (sulfide) groups is 1. The molecule has 1 aliphatic carbocycles. The Labute approximate surface area is 181 Å². The van der Waals surface area contributed by atoms with Crippen molar-refractivity contribution in [1.82, 2.24) is 20.1 Å². The molecular formula is C23H26N4O2S. The normalized spacial score (nSPS) is 14.1. The minimum Gasteiger partial charge on any atom is -0.497 e. The van der Waals surface area contributed by atoms with Crippen LogP contribution in [-0.4, -0.2) is 33.5 Å². The average Bonchev–Trinajstić information content (AvgIpc) is 3.26. The molecule has 1 atom stereocenters. The fraction of sp³-hybridized carbons (Fsp3) is 0.348. The Hall–Kier alpha value is -2.80. The van der Waals surface area contributed by atoms with Gasteiger partial charge in [0.15, 0.2) is 5.16 Å². The first-order chi connectivity index (χ1) is 14.6. The minimum absolute atomic E-state index is 0.0228. The molecule has 0 radical (unpaired) electrons. The van der Waals surface area contributed by atoms with Gasteiger partial charge < -0.3 is 10.1 Å². The van der Waals surface area contributed by atoms with Crippen molar-refractivity contribution in [2.75, 3.05) is 12.9 Å². The summed E-state index contributed by atoms with van der Waals surface area (Å²) in [6, 6.07) is 14.2. The van der Waals surface area contributed by atoms with Crippen molar-refractivity contribution in [2.24, 2.45) is 0 Å². The highest BCUT2D eigenvalue weighted by atomic mass is 32.2. The molecule has 3 aromatic rings. The highest BCUT2D eigenvalue weighted by Crippen LogP contribution is 2.25. The van der Waals surface area contributed by atoms with Crippen molar-refractivity contribution >= 4 is 17.7 Å². The van der Waals surface area contributed by atoms with E-state index in [0.29, 0.717) is 5.16 Å². The van der Waals surface area contributed by atoms with E-state index < -0.39 is 0 Å². The van der Waals surface area contributed by atoms with Crippen LogP contribution in [-0.2, 0) is 17.6 Å². The Morgan fingerprint density at radius 2 is 2.03 bits per heavy atom. The number of benzene rings is 2. The number of rotatable bonds is 7. The molecule has 0 saturated heterocycles. The predicted molar refractivity (Wildman–Crippen MR) is 118 cm³/mol. The summed E-state index contributed by atoms with van der Waals surface area (Å²) in [7, 11) is 1.63. The van der Waals surface area contributed by atoms with Gasteiger partial charge in [0.25, 0.3) is 0 Å². The molecule has 0 fully saturated rings. The molecule has 1 amide bonds. The van der Waals surface area contributed by atoms with Crippen molar-refractivity contribution < 1.29 is 9.53 Å². The van der Waals surface area contributed by atoms with Crippen LogP contribution in [0.25, 0.3) is 5.69 Å². The van der Waals surface area contributed by atoms with Crippen LogP contribution in [0.3, 0.4) is 0 Å². The number of fused-ring (bicyclic) bond motifs is 1. The van der Waals surface area contributed by atoms with Crippen molar-refractivity contribution in [3.63, 3.8) is 0 Å². The van der Waals surface area contributed by atoms with Gasteiger partial charge in [-0.1, -0.05) is 36.0 Å². The van der Waals surface area contributed by atoms with Crippen LogP contribution in [0.2, 0.25) is 0 Å². The highest BCUT2D eigenvalue weighted by molar-refractivity contribution is 7.99. The monoisotopic (exact) mass is 422 g/mol. The molecule has 4 rings (SSSR count). The number of hydrogen-bond donors (Lipinski definition) is 1. The number of nitrogens with zero attached hydrogens (tertiary/aromatic N) is 3. The number of carbonyl (C=O) groups excluding carboxylic acids is 1. The molecule has 0 bridgehead atoms. The van der Waals surface area contributed by atoms with E-state index in [4.69, 9.17) is 4.74 Å². The fourth-order valence-corrected chi connectivity index (χ4v) is 4.52. The topological polar surface area (TPSA) is 69.0 Å². The maximum absolute atomic E-state index is 12.5. The number of nitrogens with one attached hydrogen (secondary N) is 1. The summed E-state index contributed by atoms with van der Waals surface area (Å²) in [6.45, 7) is 2.03. The molecule has 1 N–H and O–H groups in total. The first-order valence-electron chi connectivity index (χ1n) is 10.2. The van der Waals surface area contributed by atoms with E-state index in [1.807, 2.05) is 35.8 Å². The van der Waals surface area contributed by atoms with Gasteiger partial charge in [0, 0.05) is 6.07 Å². The first kappa shape index (κ1) is 20.5. The third kappa shape index (κ3) is 4.67. The molecule has 0 saturated carbocycles. The SMILES string of the molecule is COc1cccc(-n2cnnc2SCC(=O)N[C@H](C)c2ccc3c(c2)CCCC3)c1. The quantitative estimate of drug-likeness (QED) is 0.580. The van der Waals surface area contributed by atoms with Crippen molar-refractivity contribution in [3.8, 4) is 11.4 Å². The summed E-state index contributed by atoms with van der Waals surface area (Å²) in [5.74, 6) is 1.01. The Bertz CT molecular complexity index is 1030. The van der Waals surface area contributed by atoms with Crippen LogP contribution in [0.4, 0.5) is 0 Å².